The average Bonchev–Trinajstić information content (AvgIpc) is 3.49. The van der Waals surface area contributed by atoms with E-state index >= 15 is 0 Å². The van der Waals surface area contributed by atoms with Crippen molar-refractivity contribution >= 4 is 46.4 Å². The van der Waals surface area contributed by atoms with Crippen LogP contribution in [-0.2, 0) is 16.8 Å². The summed E-state index contributed by atoms with van der Waals surface area (Å²) in [7, 11) is 0. The maximum absolute atomic E-state index is 4.86. The molecular formula is C24H22CoN4. The molecule has 2 aliphatic heterocycles. The van der Waals surface area contributed by atoms with Gasteiger partial charge in [0.1, 0.15) is 0 Å². The number of aromatic nitrogens is 4. The van der Waals surface area contributed by atoms with Crippen LogP contribution in [-0.4, -0.2) is 19.9 Å². The zero-order chi connectivity index (χ0) is 19.4. The second-order valence-electron chi connectivity index (χ2n) is 7.50. The van der Waals surface area contributed by atoms with Gasteiger partial charge in [0.15, 0.2) is 0 Å². The molecule has 0 fully saturated rings. The summed E-state index contributed by atoms with van der Waals surface area (Å²) in [6, 6.07) is 8.52. The van der Waals surface area contributed by atoms with Crippen LogP contribution in [0, 0.1) is 27.7 Å². The van der Waals surface area contributed by atoms with Crippen molar-refractivity contribution in [2.45, 2.75) is 27.7 Å². The van der Waals surface area contributed by atoms with Crippen LogP contribution in [0.15, 0.2) is 24.3 Å². The molecule has 1 radical (unpaired) electrons. The molecule has 147 valence electrons. The largest absolute Gasteiger partial charge is 0.355 e. The summed E-state index contributed by atoms with van der Waals surface area (Å²) in [4.78, 5) is 16.8. The van der Waals surface area contributed by atoms with E-state index in [-0.39, 0.29) is 16.8 Å². The molecule has 8 bridgehead atoms. The van der Waals surface area contributed by atoms with Crippen molar-refractivity contribution < 1.29 is 16.8 Å². The van der Waals surface area contributed by atoms with Gasteiger partial charge in [-0.3, -0.25) is 0 Å². The van der Waals surface area contributed by atoms with Crippen molar-refractivity contribution in [3.05, 3.63) is 69.3 Å². The summed E-state index contributed by atoms with van der Waals surface area (Å²) in [5, 5.41) is 0. The van der Waals surface area contributed by atoms with E-state index in [1.807, 2.05) is 0 Å². The van der Waals surface area contributed by atoms with Crippen molar-refractivity contribution in [3.63, 3.8) is 0 Å². The van der Waals surface area contributed by atoms with Crippen LogP contribution in [0.4, 0.5) is 0 Å². The SMILES string of the molecule is Cc1c2nc(c(C)c3ccc([nH]3)c(C)c3ccc([nH]3)c(C)c3nc1C=C3)C=C2.[Co]. The number of aryl methyl sites for hydroxylation is 3. The molecule has 2 aliphatic rings. The summed E-state index contributed by atoms with van der Waals surface area (Å²) in [6.07, 6.45) is 8.33. The Morgan fingerprint density at radius 1 is 0.483 bits per heavy atom. The first-order valence-corrected chi connectivity index (χ1v) is 9.54. The van der Waals surface area contributed by atoms with Crippen LogP contribution >= 0.6 is 0 Å². The van der Waals surface area contributed by atoms with Crippen molar-refractivity contribution in [2.24, 2.45) is 0 Å². The summed E-state index contributed by atoms with van der Waals surface area (Å²) >= 11 is 0. The fraction of sp³-hybridized carbons (Fsp3) is 0.167. The van der Waals surface area contributed by atoms with Crippen molar-refractivity contribution in [2.75, 3.05) is 0 Å². The molecule has 0 spiro atoms. The number of hydrogen-bond acceptors (Lipinski definition) is 2. The third-order valence-electron chi connectivity index (χ3n) is 5.80. The molecule has 29 heavy (non-hydrogen) atoms. The Morgan fingerprint density at radius 2 is 0.793 bits per heavy atom. The van der Waals surface area contributed by atoms with E-state index in [2.05, 4.69) is 86.2 Å². The zero-order valence-electron chi connectivity index (χ0n) is 16.8. The van der Waals surface area contributed by atoms with E-state index in [4.69, 9.17) is 9.97 Å². The molecule has 0 unspecified atom stereocenters. The zero-order valence-corrected chi connectivity index (χ0v) is 17.9. The summed E-state index contributed by atoms with van der Waals surface area (Å²) in [5.41, 5.74) is 12.9. The van der Waals surface area contributed by atoms with Crippen molar-refractivity contribution in [1.82, 2.24) is 19.9 Å². The van der Waals surface area contributed by atoms with Gasteiger partial charge in [0.25, 0.3) is 0 Å². The molecule has 0 aromatic carbocycles. The van der Waals surface area contributed by atoms with Crippen molar-refractivity contribution in [1.29, 1.82) is 0 Å². The number of nitrogens with one attached hydrogen (secondary N) is 2. The maximum atomic E-state index is 4.86. The summed E-state index contributed by atoms with van der Waals surface area (Å²) in [6.45, 7) is 8.44. The molecule has 0 saturated heterocycles. The first kappa shape index (κ1) is 19.4. The standard InChI is InChI=1S/C24H22N4.Co/c1-13-17-5-7-19(25-17)14(2)21-9-11-23(27-21)16(4)24-12-10-22(28-24)15(3)20-8-6-18(13)26-20;/h5-12,25-26H,1-4H3;. The predicted octanol–water partition coefficient (Wildman–Crippen LogP) is 5.89. The van der Waals surface area contributed by atoms with Crippen LogP contribution in [0.5, 0.6) is 0 Å². The van der Waals surface area contributed by atoms with Gasteiger partial charge in [0, 0.05) is 44.4 Å². The average molecular weight is 425 g/mol. The van der Waals surface area contributed by atoms with Crippen LogP contribution < -0.4 is 0 Å². The number of fused-ring (bicyclic) bond motifs is 8. The van der Waals surface area contributed by atoms with E-state index in [1.165, 1.54) is 5.56 Å². The van der Waals surface area contributed by atoms with Crippen molar-refractivity contribution in [3.8, 4) is 0 Å². The van der Waals surface area contributed by atoms with Crippen LogP contribution in [0.25, 0.3) is 46.4 Å². The van der Waals surface area contributed by atoms with Gasteiger partial charge in [0.2, 0.25) is 0 Å². The molecule has 0 amide bonds. The Bertz CT molecular complexity index is 1250. The van der Waals surface area contributed by atoms with Gasteiger partial charge in [0.05, 0.1) is 22.8 Å². The molecule has 5 rings (SSSR count). The second-order valence-corrected chi connectivity index (χ2v) is 7.50. The van der Waals surface area contributed by atoms with Crippen LogP contribution in [0.1, 0.15) is 45.0 Å². The quantitative estimate of drug-likeness (QED) is 0.325. The minimum absolute atomic E-state index is 0. The number of hydrogen-bond donors (Lipinski definition) is 2. The first-order valence-electron chi connectivity index (χ1n) is 9.54. The fourth-order valence-electron chi connectivity index (χ4n) is 3.78. The molecular weight excluding hydrogens is 403 g/mol. The number of nitrogens with zero attached hydrogens (tertiary/aromatic N) is 2. The van der Waals surface area contributed by atoms with Gasteiger partial charge in [-0.2, -0.15) is 0 Å². The summed E-state index contributed by atoms with van der Waals surface area (Å²) in [5.74, 6) is 0. The molecule has 5 heteroatoms. The van der Waals surface area contributed by atoms with Gasteiger partial charge in [-0.1, -0.05) is 0 Å². The molecule has 2 N–H and O–H groups in total. The molecule has 3 aromatic rings. The summed E-state index contributed by atoms with van der Waals surface area (Å²) < 4.78 is 0. The molecule has 5 heterocycles. The molecule has 0 saturated carbocycles. The predicted molar refractivity (Wildman–Crippen MR) is 118 cm³/mol. The Kier molecular flexibility index (Phi) is 4.80. The third-order valence-corrected chi connectivity index (χ3v) is 5.80. The third kappa shape index (κ3) is 3.16. The molecule has 4 nitrogen and oxygen atoms in total. The van der Waals surface area contributed by atoms with Gasteiger partial charge in [-0.25, -0.2) is 9.97 Å². The Balaban J connectivity index is 0.00000205. The Hall–Kier alpha value is -2.89. The topological polar surface area (TPSA) is 57.4 Å². The molecule has 0 aliphatic carbocycles. The first-order chi connectivity index (χ1) is 13.5. The monoisotopic (exact) mass is 425 g/mol. The number of aromatic amines is 2. The van der Waals surface area contributed by atoms with E-state index in [0.29, 0.717) is 0 Å². The Morgan fingerprint density at radius 3 is 1.17 bits per heavy atom. The fourth-order valence-corrected chi connectivity index (χ4v) is 3.78. The normalized spacial score (nSPS) is 12.3. The number of rotatable bonds is 0. The van der Waals surface area contributed by atoms with E-state index in [9.17, 15) is 0 Å². The molecule has 0 atom stereocenters. The van der Waals surface area contributed by atoms with Gasteiger partial charge >= 0.3 is 0 Å². The van der Waals surface area contributed by atoms with Gasteiger partial charge in [-0.05, 0) is 93.0 Å². The minimum Gasteiger partial charge on any atom is -0.355 e. The van der Waals surface area contributed by atoms with Gasteiger partial charge in [-0.15, -0.1) is 0 Å². The Labute approximate surface area is 180 Å². The van der Waals surface area contributed by atoms with Crippen LogP contribution in [0.2, 0.25) is 0 Å². The van der Waals surface area contributed by atoms with Gasteiger partial charge < -0.3 is 9.97 Å². The van der Waals surface area contributed by atoms with E-state index < -0.39 is 0 Å². The number of H-pyrrole nitrogens is 2. The molecule has 3 aromatic heterocycles. The van der Waals surface area contributed by atoms with Crippen LogP contribution in [0.3, 0.4) is 0 Å². The van der Waals surface area contributed by atoms with E-state index in [1.54, 1.807) is 0 Å². The smallest absolute Gasteiger partial charge is 0.0688 e. The minimum atomic E-state index is 0. The second kappa shape index (κ2) is 7.17. The van der Waals surface area contributed by atoms with E-state index in [0.717, 1.165) is 61.5 Å². The maximum Gasteiger partial charge on any atom is 0.0688 e.